The summed E-state index contributed by atoms with van der Waals surface area (Å²) in [5, 5.41) is 7.10. The van der Waals surface area contributed by atoms with Gasteiger partial charge in [0.15, 0.2) is 0 Å². The molecule has 1 heterocycles. The standard InChI is InChI=1S/C7H11NO2/c8-7-9-5-3-1-2-4-6(5)10-7/h5-6,8H,1-4H2/t5-,6-/m1/s1. The molecule has 0 aromatic carbocycles. The second-order valence-electron chi connectivity index (χ2n) is 2.88. The molecular formula is C7H11NO2. The van der Waals surface area contributed by atoms with E-state index in [9.17, 15) is 0 Å². The minimum Gasteiger partial charge on any atom is -0.444 e. The van der Waals surface area contributed by atoms with Crippen LogP contribution in [0.3, 0.4) is 0 Å². The van der Waals surface area contributed by atoms with Crippen molar-refractivity contribution >= 4 is 6.08 Å². The lowest BCUT2D eigenvalue weighted by Gasteiger charge is -2.19. The van der Waals surface area contributed by atoms with E-state index in [4.69, 9.17) is 14.9 Å². The fourth-order valence-electron chi connectivity index (χ4n) is 1.64. The highest BCUT2D eigenvalue weighted by atomic mass is 16.7. The number of rotatable bonds is 0. The van der Waals surface area contributed by atoms with E-state index in [0.29, 0.717) is 0 Å². The molecule has 2 rings (SSSR count). The highest BCUT2D eigenvalue weighted by molar-refractivity contribution is 5.65. The summed E-state index contributed by atoms with van der Waals surface area (Å²) in [7, 11) is 0. The maximum absolute atomic E-state index is 7.10. The Labute approximate surface area is 59.8 Å². The molecule has 0 radical (unpaired) electrons. The molecule has 2 atom stereocenters. The van der Waals surface area contributed by atoms with Crippen LogP contribution in [0.4, 0.5) is 0 Å². The van der Waals surface area contributed by atoms with Crippen LogP contribution < -0.4 is 0 Å². The average molecular weight is 141 g/mol. The van der Waals surface area contributed by atoms with Gasteiger partial charge in [0.25, 0.3) is 0 Å². The number of ether oxygens (including phenoxy) is 2. The van der Waals surface area contributed by atoms with Crippen LogP contribution in [0.25, 0.3) is 0 Å². The van der Waals surface area contributed by atoms with Crippen molar-refractivity contribution in [2.75, 3.05) is 0 Å². The van der Waals surface area contributed by atoms with Crippen molar-refractivity contribution in [2.24, 2.45) is 0 Å². The van der Waals surface area contributed by atoms with Crippen molar-refractivity contribution in [1.82, 2.24) is 0 Å². The molecule has 1 aliphatic carbocycles. The predicted molar refractivity (Wildman–Crippen MR) is 35.9 cm³/mol. The molecule has 1 saturated carbocycles. The van der Waals surface area contributed by atoms with Crippen LogP contribution >= 0.6 is 0 Å². The first-order valence-electron chi connectivity index (χ1n) is 3.78. The van der Waals surface area contributed by atoms with E-state index in [1.54, 1.807) is 0 Å². The van der Waals surface area contributed by atoms with Gasteiger partial charge >= 0.3 is 6.08 Å². The van der Waals surface area contributed by atoms with Crippen LogP contribution in [-0.2, 0) is 9.47 Å². The van der Waals surface area contributed by atoms with Gasteiger partial charge in [-0.05, 0) is 25.7 Å². The molecule has 0 amide bonds. The second kappa shape index (κ2) is 2.15. The first-order valence-corrected chi connectivity index (χ1v) is 3.78. The van der Waals surface area contributed by atoms with Crippen molar-refractivity contribution in [3.05, 3.63) is 0 Å². The lowest BCUT2D eigenvalue weighted by molar-refractivity contribution is 0.110. The SMILES string of the molecule is N=C1O[C@@H]2CCCC[C@H]2O1. The molecule has 2 fully saturated rings. The molecule has 56 valence electrons. The average Bonchev–Trinajstić information content (AvgIpc) is 2.27. The third kappa shape index (κ3) is 0.856. The summed E-state index contributed by atoms with van der Waals surface area (Å²) < 4.78 is 10.3. The van der Waals surface area contributed by atoms with E-state index in [1.807, 2.05) is 0 Å². The Kier molecular flexibility index (Phi) is 1.29. The minimum absolute atomic E-state index is 0.0249. The van der Waals surface area contributed by atoms with Gasteiger partial charge in [0, 0.05) is 0 Å². The Morgan fingerprint density at radius 2 is 1.60 bits per heavy atom. The highest BCUT2D eigenvalue weighted by Crippen LogP contribution is 2.28. The van der Waals surface area contributed by atoms with E-state index >= 15 is 0 Å². The van der Waals surface area contributed by atoms with E-state index in [2.05, 4.69) is 0 Å². The van der Waals surface area contributed by atoms with Crippen molar-refractivity contribution in [1.29, 1.82) is 5.41 Å². The summed E-state index contributed by atoms with van der Waals surface area (Å²) in [5.41, 5.74) is 0. The van der Waals surface area contributed by atoms with Gasteiger partial charge < -0.3 is 9.47 Å². The number of hydrogen-bond acceptors (Lipinski definition) is 3. The number of hydrogen-bond donors (Lipinski definition) is 1. The molecule has 0 aromatic rings. The van der Waals surface area contributed by atoms with E-state index in [0.717, 1.165) is 12.8 Å². The third-order valence-electron chi connectivity index (χ3n) is 2.16. The summed E-state index contributed by atoms with van der Waals surface area (Å²) >= 11 is 0. The fourth-order valence-corrected chi connectivity index (χ4v) is 1.64. The van der Waals surface area contributed by atoms with Gasteiger partial charge in [0.05, 0.1) is 0 Å². The zero-order valence-corrected chi connectivity index (χ0v) is 5.80. The Morgan fingerprint density at radius 3 is 2.10 bits per heavy atom. The summed E-state index contributed by atoms with van der Waals surface area (Å²) in [6, 6.07) is 0. The quantitative estimate of drug-likeness (QED) is 0.552. The third-order valence-corrected chi connectivity index (χ3v) is 2.16. The Hall–Kier alpha value is -0.730. The summed E-state index contributed by atoms with van der Waals surface area (Å²) in [6.07, 6.45) is 4.98. The molecule has 0 bridgehead atoms. The van der Waals surface area contributed by atoms with Gasteiger partial charge in [0.2, 0.25) is 0 Å². The summed E-state index contributed by atoms with van der Waals surface area (Å²) in [5.74, 6) is 0. The Bertz CT molecular complexity index is 142. The van der Waals surface area contributed by atoms with Gasteiger partial charge in [-0.1, -0.05) is 0 Å². The zero-order chi connectivity index (χ0) is 6.97. The van der Waals surface area contributed by atoms with Gasteiger partial charge in [-0.25, -0.2) is 5.41 Å². The molecule has 3 nitrogen and oxygen atoms in total. The van der Waals surface area contributed by atoms with Crippen LogP contribution in [-0.4, -0.2) is 18.3 Å². The van der Waals surface area contributed by atoms with Gasteiger partial charge in [-0.2, -0.15) is 0 Å². The molecule has 3 heteroatoms. The Balaban J connectivity index is 2.04. The van der Waals surface area contributed by atoms with Crippen molar-refractivity contribution in [3.8, 4) is 0 Å². The van der Waals surface area contributed by atoms with Crippen molar-refractivity contribution in [3.63, 3.8) is 0 Å². The van der Waals surface area contributed by atoms with Crippen molar-refractivity contribution < 1.29 is 9.47 Å². The molecule has 2 aliphatic rings. The maximum atomic E-state index is 7.10. The molecule has 10 heavy (non-hydrogen) atoms. The van der Waals surface area contributed by atoms with Crippen LogP contribution in [0.15, 0.2) is 0 Å². The molecular weight excluding hydrogens is 130 g/mol. The summed E-state index contributed by atoms with van der Waals surface area (Å²) in [4.78, 5) is 0. The molecule has 1 saturated heterocycles. The van der Waals surface area contributed by atoms with Crippen LogP contribution in [0.5, 0.6) is 0 Å². The minimum atomic E-state index is 0.0249. The van der Waals surface area contributed by atoms with Crippen LogP contribution in [0.1, 0.15) is 25.7 Å². The smallest absolute Gasteiger partial charge is 0.381 e. The van der Waals surface area contributed by atoms with Crippen LogP contribution in [0, 0.1) is 5.41 Å². The zero-order valence-electron chi connectivity index (χ0n) is 5.80. The molecule has 0 unspecified atom stereocenters. The first-order chi connectivity index (χ1) is 4.86. The monoisotopic (exact) mass is 141 g/mol. The number of nitrogens with one attached hydrogen (secondary N) is 1. The van der Waals surface area contributed by atoms with Gasteiger partial charge in [-0.3, -0.25) is 0 Å². The number of fused-ring (bicyclic) bond motifs is 1. The van der Waals surface area contributed by atoms with E-state index in [-0.39, 0.29) is 18.3 Å². The Morgan fingerprint density at radius 1 is 1.10 bits per heavy atom. The maximum Gasteiger partial charge on any atom is 0.381 e. The fraction of sp³-hybridized carbons (Fsp3) is 0.857. The van der Waals surface area contributed by atoms with E-state index < -0.39 is 0 Å². The largest absolute Gasteiger partial charge is 0.444 e. The lowest BCUT2D eigenvalue weighted by Crippen LogP contribution is -2.25. The van der Waals surface area contributed by atoms with Crippen molar-refractivity contribution in [2.45, 2.75) is 37.9 Å². The highest BCUT2D eigenvalue weighted by Gasteiger charge is 2.35. The lowest BCUT2D eigenvalue weighted by atomic mass is 9.95. The normalized spacial score (nSPS) is 38.2. The van der Waals surface area contributed by atoms with Gasteiger partial charge in [-0.15, -0.1) is 0 Å². The molecule has 0 aromatic heterocycles. The topological polar surface area (TPSA) is 42.3 Å². The second-order valence-corrected chi connectivity index (χ2v) is 2.88. The van der Waals surface area contributed by atoms with Gasteiger partial charge in [0.1, 0.15) is 12.2 Å². The molecule has 1 aliphatic heterocycles. The van der Waals surface area contributed by atoms with Crippen LogP contribution in [0.2, 0.25) is 0 Å². The predicted octanol–water partition coefficient (Wildman–Crippen LogP) is 1.28. The first kappa shape index (κ1) is 6.01. The molecule has 0 spiro atoms. The summed E-state index contributed by atoms with van der Waals surface area (Å²) in [6.45, 7) is 0. The van der Waals surface area contributed by atoms with E-state index in [1.165, 1.54) is 12.8 Å². The molecule has 1 N–H and O–H groups in total.